The maximum Gasteiger partial charge on any atom is 0.227 e. The van der Waals surface area contributed by atoms with Crippen molar-refractivity contribution >= 4 is 11.6 Å². The van der Waals surface area contributed by atoms with E-state index >= 15 is 0 Å². The van der Waals surface area contributed by atoms with Crippen LogP contribution < -0.4 is 10.2 Å². The summed E-state index contributed by atoms with van der Waals surface area (Å²) in [6.07, 6.45) is 5.21. The van der Waals surface area contributed by atoms with Crippen LogP contribution in [0.3, 0.4) is 0 Å². The quantitative estimate of drug-likeness (QED) is 0.929. The standard InChI is InChI=1S/C17H24N2O2/c20-17(9-8-15-6-3-4-12-21-15)19-11-10-18-13-14-5-1-2-7-16(14)19/h1-2,5,7,15,18H,3-4,6,8-13H2. The van der Waals surface area contributed by atoms with E-state index in [1.54, 1.807) is 0 Å². The number of hydrogen-bond acceptors (Lipinski definition) is 3. The maximum absolute atomic E-state index is 12.6. The Bertz CT molecular complexity index is 483. The van der Waals surface area contributed by atoms with E-state index in [9.17, 15) is 4.79 Å². The Kier molecular flexibility index (Phi) is 4.88. The molecule has 1 amide bonds. The van der Waals surface area contributed by atoms with Gasteiger partial charge in [0.25, 0.3) is 0 Å². The summed E-state index contributed by atoms with van der Waals surface area (Å²) < 4.78 is 5.73. The molecular formula is C17H24N2O2. The predicted molar refractivity (Wildman–Crippen MR) is 83.3 cm³/mol. The molecule has 4 nitrogen and oxygen atoms in total. The summed E-state index contributed by atoms with van der Waals surface area (Å²) >= 11 is 0. The first kappa shape index (κ1) is 14.5. The average molecular weight is 288 g/mol. The summed E-state index contributed by atoms with van der Waals surface area (Å²) in [7, 11) is 0. The van der Waals surface area contributed by atoms with Gasteiger partial charge in [0.15, 0.2) is 0 Å². The van der Waals surface area contributed by atoms with E-state index in [4.69, 9.17) is 4.74 Å². The Morgan fingerprint density at radius 2 is 2.24 bits per heavy atom. The van der Waals surface area contributed by atoms with Crippen LogP contribution >= 0.6 is 0 Å². The number of nitrogens with one attached hydrogen (secondary N) is 1. The van der Waals surface area contributed by atoms with Crippen LogP contribution in [0.1, 0.15) is 37.7 Å². The van der Waals surface area contributed by atoms with Crippen LogP contribution in [0.25, 0.3) is 0 Å². The lowest BCUT2D eigenvalue weighted by Crippen LogP contribution is -2.35. The van der Waals surface area contributed by atoms with Crippen molar-refractivity contribution in [1.29, 1.82) is 0 Å². The van der Waals surface area contributed by atoms with Gasteiger partial charge < -0.3 is 15.0 Å². The number of amides is 1. The van der Waals surface area contributed by atoms with E-state index in [0.29, 0.717) is 6.42 Å². The van der Waals surface area contributed by atoms with Gasteiger partial charge >= 0.3 is 0 Å². The second-order valence-electron chi connectivity index (χ2n) is 5.88. The van der Waals surface area contributed by atoms with E-state index in [1.165, 1.54) is 12.0 Å². The molecule has 1 N–H and O–H groups in total. The molecule has 0 aromatic heterocycles. The van der Waals surface area contributed by atoms with Gasteiger partial charge in [0.1, 0.15) is 0 Å². The maximum atomic E-state index is 12.6. The van der Waals surface area contributed by atoms with Crippen LogP contribution in [-0.4, -0.2) is 31.7 Å². The van der Waals surface area contributed by atoms with Gasteiger partial charge in [-0.2, -0.15) is 0 Å². The van der Waals surface area contributed by atoms with Crippen LogP contribution in [0.15, 0.2) is 24.3 Å². The fourth-order valence-electron chi connectivity index (χ4n) is 3.17. The average Bonchev–Trinajstić information content (AvgIpc) is 2.76. The highest BCUT2D eigenvalue weighted by Gasteiger charge is 2.22. The monoisotopic (exact) mass is 288 g/mol. The van der Waals surface area contributed by atoms with Gasteiger partial charge in [-0.05, 0) is 37.3 Å². The zero-order valence-electron chi connectivity index (χ0n) is 12.5. The Labute approximate surface area is 126 Å². The zero-order chi connectivity index (χ0) is 14.5. The van der Waals surface area contributed by atoms with Gasteiger partial charge in [-0.1, -0.05) is 18.2 Å². The number of ether oxygens (including phenoxy) is 1. The van der Waals surface area contributed by atoms with E-state index in [2.05, 4.69) is 17.4 Å². The van der Waals surface area contributed by atoms with E-state index in [0.717, 1.165) is 51.2 Å². The first-order chi connectivity index (χ1) is 10.3. The van der Waals surface area contributed by atoms with Crippen LogP contribution in [0.4, 0.5) is 5.69 Å². The van der Waals surface area contributed by atoms with Crippen molar-refractivity contribution in [3.05, 3.63) is 29.8 Å². The molecule has 21 heavy (non-hydrogen) atoms. The van der Waals surface area contributed by atoms with Crippen LogP contribution in [0.2, 0.25) is 0 Å². The Balaban J connectivity index is 1.63. The third kappa shape index (κ3) is 3.63. The molecule has 1 aromatic carbocycles. The highest BCUT2D eigenvalue weighted by atomic mass is 16.5. The minimum Gasteiger partial charge on any atom is -0.378 e. The fraction of sp³-hybridized carbons (Fsp3) is 0.588. The third-order valence-corrected chi connectivity index (χ3v) is 4.37. The summed E-state index contributed by atoms with van der Waals surface area (Å²) in [5.41, 5.74) is 2.27. The van der Waals surface area contributed by atoms with Crippen LogP contribution in [-0.2, 0) is 16.1 Å². The molecule has 114 valence electrons. The molecule has 0 saturated carbocycles. The molecule has 4 heteroatoms. The van der Waals surface area contributed by atoms with Gasteiger partial charge in [0.05, 0.1) is 6.10 Å². The summed E-state index contributed by atoms with van der Waals surface area (Å²) in [5, 5.41) is 3.38. The molecule has 1 saturated heterocycles. The first-order valence-corrected chi connectivity index (χ1v) is 8.05. The largest absolute Gasteiger partial charge is 0.378 e. The molecule has 1 unspecified atom stereocenters. The second-order valence-corrected chi connectivity index (χ2v) is 5.88. The van der Waals surface area contributed by atoms with Crippen molar-refractivity contribution in [1.82, 2.24) is 5.32 Å². The van der Waals surface area contributed by atoms with Gasteiger partial charge in [0, 0.05) is 38.3 Å². The molecule has 0 aliphatic carbocycles. The molecule has 2 aliphatic rings. The summed E-state index contributed by atoms with van der Waals surface area (Å²) in [6, 6.07) is 8.19. The SMILES string of the molecule is O=C(CCC1CCCCO1)N1CCNCc2ccccc21. The van der Waals surface area contributed by atoms with Gasteiger partial charge in [-0.15, -0.1) is 0 Å². The van der Waals surface area contributed by atoms with Crippen LogP contribution in [0, 0.1) is 0 Å². The van der Waals surface area contributed by atoms with Crippen molar-refractivity contribution in [3.8, 4) is 0 Å². The lowest BCUT2D eigenvalue weighted by molar-refractivity contribution is -0.119. The lowest BCUT2D eigenvalue weighted by atomic mass is 10.0. The van der Waals surface area contributed by atoms with Gasteiger partial charge in [-0.25, -0.2) is 0 Å². The number of benzene rings is 1. The smallest absolute Gasteiger partial charge is 0.227 e. The molecule has 3 rings (SSSR count). The third-order valence-electron chi connectivity index (χ3n) is 4.37. The Morgan fingerprint density at radius 3 is 3.10 bits per heavy atom. The minimum absolute atomic E-state index is 0.223. The molecule has 1 fully saturated rings. The van der Waals surface area contributed by atoms with E-state index in [1.807, 2.05) is 17.0 Å². The number of rotatable bonds is 3. The number of para-hydroxylation sites is 1. The molecule has 2 aliphatic heterocycles. The highest BCUT2D eigenvalue weighted by Crippen LogP contribution is 2.24. The number of carbonyl (C=O) groups excluding carboxylic acids is 1. The second kappa shape index (κ2) is 7.05. The summed E-state index contributed by atoms with van der Waals surface area (Å²) in [4.78, 5) is 14.5. The lowest BCUT2D eigenvalue weighted by Gasteiger charge is -2.25. The number of nitrogens with zero attached hydrogens (tertiary/aromatic N) is 1. The highest BCUT2D eigenvalue weighted by molar-refractivity contribution is 5.94. The summed E-state index contributed by atoms with van der Waals surface area (Å²) in [5.74, 6) is 0.223. The molecule has 1 aromatic rings. The number of hydrogen-bond donors (Lipinski definition) is 1. The van der Waals surface area contributed by atoms with Gasteiger partial charge in [-0.3, -0.25) is 4.79 Å². The van der Waals surface area contributed by atoms with Crippen molar-refractivity contribution in [2.75, 3.05) is 24.6 Å². The minimum atomic E-state index is 0.223. The molecule has 0 spiro atoms. The normalized spacial score (nSPS) is 22.5. The summed E-state index contributed by atoms with van der Waals surface area (Å²) in [6.45, 7) is 3.29. The number of fused-ring (bicyclic) bond motifs is 1. The molecular weight excluding hydrogens is 264 g/mol. The van der Waals surface area contributed by atoms with Crippen LogP contribution in [0.5, 0.6) is 0 Å². The fourth-order valence-corrected chi connectivity index (χ4v) is 3.17. The Morgan fingerprint density at radius 1 is 1.33 bits per heavy atom. The number of anilines is 1. The first-order valence-electron chi connectivity index (χ1n) is 8.05. The number of carbonyl (C=O) groups is 1. The molecule has 1 atom stereocenters. The topological polar surface area (TPSA) is 41.6 Å². The van der Waals surface area contributed by atoms with E-state index < -0.39 is 0 Å². The van der Waals surface area contributed by atoms with Crippen molar-refractivity contribution in [2.24, 2.45) is 0 Å². The molecule has 2 heterocycles. The van der Waals surface area contributed by atoms with E-state index in [-0.39, 0.29) is 12.0 Å². The van der Waals surface area contributed by atoms with Crippen molar-refractivity contribution in [3.63, 3.8) is 0 Å². The van der Waals surface area contributed by atoms with Gasteiger partial charge in [0.2, 0.25) is 5.91 Å². The van der Waals surface area contributed by atoms with Crippen molar-refractivity contribution in [2.45, 2.75) is 44.8 Å². The Hall–Kier alpha value is -1.39. The molecule has 0 bridgehead atoms. The van der Waals surface area contributed by atoms with Crippen molar-refractivity contribution < 1.29 is 9.53 Å². The molecule has 0 radical (unpaired) electrons. The zero-order valence-corrected chi connectivity index (χ0v) is 12.5. The predicted octanol–water partition coefficient (Wildman–Crippen LogP) is 2.47.